The van der Waals surface area contributed by atoms with Crippen molar-refractivity contribution in [3.05, 3.63) is 41.3 Å². The van der Waals surface area contributed by atoms with Crippen LogP contribution in [0.25, 0.3) is 5.57 Å². The van der Waals surface area contributed by atoms with E-state index in [1.54, 1.807) is 6.07 Å². The van der Waals surface area contributed by atoms with Crippen molar-refractivity contribution in [1.29, 1.82) is 16.2 Å². The number of nitrogens with zero attached hydrogens (tertiary/aromatic N) is 2. The van der Waals surface area contributed by atoms with E-state index < -0.39 is 5.82 Å². The lowest BCUT2D eigenvalue weighted by Crippen LogP contribution is -2.30. The lowest BCUT2D eigenvalue weighted by Gasteiger charge is -2.21. The number of likely N-dealkylation sites (tertiary alicyclic amines) is 2. The van der Waals surface area contributed by atoms with Gasteiger partial charge in [-0.05, 0) is 48.3 Å². The maximum atomic E-state index is 14.4. The van der Waals surface area contributed by atoms with E-state index in [1.807, 2.05) is 4.90 Å². The van der Waals surface area contributed by atoms with Gasteiger partial charge in [0.05, 0.1) is 0 Å². The molecule has 2 heterocycles. The number of hydrogen-bond donors (Lipinski definition) is 4. The molecule has 1 aromatic carbocycles. The van der Waals surface area contributed by atoms with Gasteiger partial charge in [-0.3, -0.25) is 10.8 Å². The van der Waals surface area contributed by atoms with Crippen molar-refractivity contribution in [3.8, 4) is 0 Å². The number of nitrogens with one attached hydrogen (secondary N) is 3. The lowest BCUT2D eigenvalue weighted by molar-refractivity contribution is 0.350. The first kappa shape index (κ1) is 18.6. The van der Waals surface area contributed by atoms with Crippen molar-refractivity contribution < 1.29 is 4.39 Å². The molecule has 1 aromatic rings. The average molecular weight is 374 g/mol. The third kappa shape index (κ3) is 3.66. The summed E-state index contributed by atoms with van der Waals surface area (Å²) >= 11 is 0.984. The maximum absolute atomic E-state index is 14.4. The van der Waals surface area contributed by atoms with Crippen molar-refractivity contribution in [1.82, 2.24) is 9.80 Å². The van der Waals surface area contributed by atoms with Gasteiger partial charge in [0.1, 0.15) is 10.9 Å². The lowest BCUT2D eigenvalue weighted by atomic mass is 10.0. The summed E-state index contributed by atoms with van der Waals surface area (Å²) in [5.41, 5.74) is 6.49. The van der Waals surface area contributed by atoms with Crippen molar-refractivity contribution in [3.63, 3.8) is 0 Å². The molecule has 2 fully saturated rings. The summed E-state index contributed by atoms with van der Waals surface area (Å²) in [6, 6.07) is 4.42. The van der Waals surface area contributed by atoms with Gasteiger partial charge >= 0.3 is 0 Å². The van der Waals surface area contributed by atoms with Crippen LogP contribution < -0.4 is 5.73 Å². The van der Waals surface area contributed by atoms with E-state index in [2.05, 4.69) is 11.9 Å². The van der Waals surface area contributed by atoms with E-state index in [4.69, 9.17) is 22.0 Å². The Morgan fingerprint density at radius 3 is 2.42 bits per heavy atom. The monoisotopic (exact) mass is 374 g/mol. The van der Waals surface area contributed by atoms with Gasteiger partial charge in [-0.1, -0.05) is 6.07 Å². The molecule has 138 valence electrons. The summed E-state index contributed by atoms with van der Waals surface area (Å²) in [5, 5.41) is 24.1. The smallest absolute Gasteiger partial charge is 0.162 e. The third-order valence-electron chi connectivity index (χ3n) is 5.04. The summed E-state index contributed by atoms with van der Waals surface area (Å²) in [7, 11) is 2.12. The highest BCUT2D eigenvalue weighted by molar-refractivity contribution is 8.26. The number of fused-ring (bicyclic) bond motifs is 1. The van der Waals surface area contributed by atoms with Gasteiger partial charge < -0.3 is 20.9 Å². The van der Waals surface area contributed by atoms with Crippen molar-refractivity contribution in [2.24, 2.45) is 17.6 Å². The van der Waals surface area contributed by atoms with E-state index in [-0.39, 0.29) is 10.6 Å². The second kappa shape index (κ2) is 7.59. The summed E-state index contributed by atoms with van der Waals surface area (Å²) in [6.45, 7) is 3.77. The van der Waals surface area contributed by atoms with Gasteiger partial charge in [-0.25, -0.2) is 4.39 Å². The van der Waals surface area contributed by atoms with Crippen LogP contribution in [0.1, 0.15) is 11.1 Å². The van der Waals surface area contributed by atoms with E-state index in [0.717, 1.165) is 44.2 Å². The molecule has 2 atom stereocenters. The Balaban J connectivity index is 1.65. The Kier molecular flexibility index (Phi) is 5.43. The average Bonchev–Trinajstić information content (AvgIpc) is 3.13. The van der Waals surface area contributed by atoms with Gasteiger partial charge in [-0.15, -0.1) is 0 Å². The number of nitrogens with two attached hydrogens (primary N) is 1. The fourth-order valence-corrected chi connectivity index (χ4v) is 4.46. The molecule has 8 heteroatoms. The first-order valence-electron chi connectivity index (χ1n) is 8.44. The number of thioether (sulfide) groups is 1. The minimum Gasteiger partial charge on any atom is -0.404 e. The van der Waals surface area contributed by atoms with Crippen LogP contribution >= 0.6 is 11.8 Å². The van der Waals surface area contributed by atoms with Crippen LogP contribution in [0.4, 0.5) is 4.39 Å². The minimum atomic E-state index is -0.547. The largest absolute Gasteiger partial charge is 0.404 e. The molecular weight excluding hydrogens is 351 g/mol. The van der Waals surface area contributed by atoms with Crippen LogP contribution in [0, 0.1) is 33.9 Å². The molecule has 0 unspecified atom stereocenters. The standard InChI is InChI=1S/C18H23FN6S/c1-24-7-13-9-25(10-14(13)8-24)18(23)26-17(22)15-3-2-11(4-16(15)19)12(5-20)6-21/h2-6,13-14,20,22-23H,7-10,21H2,1H3/b12-6+,20-5?,22-17?,23-18?/t13-,14+. The molecule has 2 aliphatic rings. The molecule has 0 amide bonds. The quantitative estimate of drug-likeness (QED) is 0.481. The van der Waals surface area contributed by atoms with Crippen LogP contribution in [0.5, 0.6) is 0 Å². The zero-order valence-corrected chi connectivity index (χ0v) is 15.4. The van der Waals surface area contributed by atoms with E-state index in [1.165, 1.54) is 18.3 Å². The highest BCUT2D eigenvalue weighted by Gasteiger charge is 2.39. The predicted molar refractivity (Wildman–Crippen MR) is 106 cm³/mol. The Bertz CT molecular complexity index is 763. The zero-order valence-electron chi connectivity index (χ0n) is 14.6. The molecule has 0 aliphatic carbocycles. The number of halogens is 1. The number of hydrogen-bond acceptors (Lipinski definition) is 6. The number of rotatable bonds is 3. The molecule has 0 bridgehead atoms. The van der Waals surface area contributed by atoms with E-state index >= 15 is 0 Å². The first-order valence-corrected chi connectivity index (χ1v) is 9.25. The van der Waals surface area contributed by atoms with Crippen molar-refractivity contribution in [2.75, 3.05) is 33.2 Å². The minimum absolute atomic E-state index is 0.0151. The van der Waals surface area contributed by atoms with E-state index in [0.29, 0.717) is 28.1 Å². The zero-order chi connectivity index (χ0) is 18.8. The highest BCUT2D eigenvalue weighted by Crippen LogP contribution is 2.32. The number of benzene rings is 1. The normalized spacial score (nSPS) is 23.2. The second-order valence-electron chi connectivity index (χ2n) is 6.84. The maximum Gasteiger partial charge on any atom is 0.162 e. The van der Waals surface area contributed by atoms with Gasteiger partial charge in [0.25, 0.3) is 0 Å². The molecule has 2 saturated heterocycles. The van der Waals surface area contributed by atoms with Crippen molar-refractivity contribution in [2.45, 2.75) is 0 Å². The molecule has 0 aromatic heterocycles. The molecular formula is C18H23FN6S. The van der Waals surface area contributed by atoms with Crippen LogP contribution in [0.15, 0.2) is 24.4 Å². The van der Waals surface area contributed by atoms with Crippen molar-refractivity contribution >= 4 is 33.8 Å². The molecule has 26 heavy (non-hydrogen) atoms. The Morgan fingerprint density at radius 1 is 1.23 bits per heavy atom. The Labute approximate surface area is 156 Å². The topological polar surface area (TPSA) is 104 Å². The summed E-state index contributed by atoms with van der Waals surface area (Å²) < 4.78 is 14.4. The fourth-order valence-electron chi connectivity index (χ4n) is 3.72. The Hall–Kier alpha value is -2.19. The van der Waals surface area contributed by atoms with Crippen LogP contribution in [0.3, 0.4) is 0 Å². The van der Waals surface area contributed by atoms with Gasteiger partial charge in [0, 0.05) is 49.7 Å². The van der Waals surface area contributed by atoms with E-state index in [9.17, 15) is 4.39 Å². The van der Waals surface area contributed by atoms with Gasteiger partial charge in [0.15, 0.2) is 5.17 Å². The summed E-state index contributed by atoms with van der Waals surface area (Å²) in [6.07, 6.45) is 2.31. The van der Waals surface area contributed by atoms with Crippen LogP contribution in [-0.2, 0) is 0 Å². The summed E-state index contributed by atoms with van der Waals surface area (Å²) in [5.74, 6) is 0.608. The molecule has 2 aliphatic heterocycles. The predicted octanol–water partition coefficient (Wildman–Crippen LogP) is 2.26. The van der Waals surface area contributed by atoms with Crippen LogP contribution in [-0.4, -0.2) is 59.5 Å². The molecule has 0 spiro atoms. The number of amidine groups is 1. The molecule has 0 saturated carbocycles. The number of allylic oxidation sites excluding steroid dienone is 1. The summed E-state index contributed by atoms with van der Waals surface area (Å²) in [4.78, 5) is 4.32. The Morgan fingerprint density at radius 2 is 1.88 bits per heavy atom. The molecule has 5 N–H and O–H groups in total. The van der Waals surface area contributed by atoms with Gasteiger partial charge in [-0.2, -0.15) is 0 Å². The molecule has 0 radical (unpaired) electrons. The van der Waals surface area contributed by atoms with Crippen LogP contribution in [0.2, 0.25) is 0 Å². The first-order chi connectivity index (χ1) is 12.4. The fraction of sp³-hybridized carbons (Fsp3) is 0.389. The third-order valence-corrected chi connectivity index (χ3v) is 5.91. The SMILES string of the molecule is CN1C[C@@H]2CN(C(=N)SC(=N)c3ccc(/C(C=N)=C/N)cc3F)C[C@@H]2C1. The van der Waals surface area contributed by atoms with Gasteiger partial charge in [0.2, 0.25) is 0 Å². The second-order valence-corrected chi connectivity index (χ2v) is 7.84. The molecule has 3 rings (SSSR count). The molecule has 6 nitrogen and oxygen atoms in total. The highest BCUT2D eigenvalue weighted by atomic mass is 32.2.